The van der Waals surface area contributed by atoms with Gasteiger partial charge in [0.2, 0.25) is 5.82 Å². The van der Waals surface area contributed by atoms with Gasteiger partial charge in [-0.25, -0.2) is 10.8 Å². The lowest BCUT2D eigenvalue weighted by Crippen LogP contribution is -2.11. The summed E-state index contributed by atoms with van der Waals surface area (Å²) in [5, 5.41) is 13.4. The highest BCUT2D eigenvalue weighted by Gasteiger charge is 2.14. The number of rotatable bonds is 4. The standard InChI is InChI=1S/C7H11N5O2/c1-2-9-7-5(12(13)14)3-4-6(10-7)11-8/h3-4H,2,8H2,1H3,(H2,9,10,11). The van der Waals surface area contributed by atoms with Gasteiger partial charge in [-0.1, -0.05) is 0 Å². The lowest BCUT2D eigenvalue weighted by molar-refractivity contribution is -0.384. The average molecular weight is 197 g/mol. The summed E-state index contributed by atoms with van der Waals surface area (Å²) in [4.78, 5) is 14.0. The van der Waals surface area contributed by atoms with Crippen LogP contribution in [0.2, 0.25) is 0 Å². The van der Waals surface area contributed by atoms with Crippen LogP contribution in [0.25, 0.3) is 0 Å². The lowest BCUT2D eigenvalue weighted by Gasteiger charge is -2.05. The molecule has 7 nitrogen and oxygen atoms in total. The first-order valence-electron chi connectivity index (χ1n) is 4.05. The van der Waals surface area contributed by atoms with Crippen LogP contribution < -0.4 is 16.6 Å². The molecule has 0 spiro atoms. The van der Waals surface area contributed by atoms with Gasteiger partial charge in [-0.2, -0.15) is 0 Å². The monoisotopic (exact) mass is 197 g/mol. The van der Waals surface area contributed by atoms with Gasteiger partial charge in [0, 0.05) is 12.6 Å². The number of nitrogens with zero attached hydrogens (tertiary/aromatic N) is 2. The van der Waals surface area contributed by atoms with Crippen molar-refractivity contribution in [2.75, 3.05) is 17.3 Å². The van der Waals surface area contributed by atoms with Crippen LogP contribution in [0, 0.1) is 10.1 Å². The molecular formula is C7H11N5O2. The summed E-state index contributed by atoms with van der Waals surface area (Å²) >= 11 is 0. The van der Waals surface area contributed by atoms with Crippen molar-refractivity contribution in [2.45, 2.75) is 6.92 Å². The summed E-state index contributed by atoms with van der Waals surface area (Å²) in [6.07, 6.45) is 0. The third-order valence-electron chi connectivity index (χ3n) is 1.56. The van der Waals surface area contributed by atoms with Crippen LogP contribution in [0.3, 0.4) is 0 Å². The molecule has 7 heteroatoms. The molecule has 0 aromatic carbocycles. The second kappa shape index (κ2) is 4.38. The number of nitrogen functional groups attached to an aromatic ring is 1. The van der Waals surface area contributed by atoms with Gasteiger partial charge in [-0.05, 0) is 13.0 Å². The maximum atomic E-state index is 10.6. The van der Waals surface area contributed by atoms with E-state index in [9.17, 15) is 10.1 Å². The van der Waals surface area contributed by atoms with Crippen LogP contribution in [0.5, 0.6) is 0 Å². The molecule has 0 aliphatic heterocycles. The molecule has 0 bridgehead atoms. The highest BCUT2D eigenvalue weighted by molar-refractivity contribution is 5.59. The fraction of sp³-hybridized carbons (Fsp3) is 0.286. The Morgan fingerprint density at radius 2 is 2.36 bits per heavy atom. The van der Waals surface area contributed by atoms with Crippen molar-refractivity contribution in [3.05, 3.63) is 22.2 Å². The lowest BCUT2D eigenvalue weighted by atomic mass is 10.3. The molecule has 0 radical (unpaired) electrons. The Morgan fingerprint density at radius 3 is 2.86 bits per heavy atom. The number of hydrogen-bond acceptors (Lipinski definition) is 6. The van der Waals surface area contributed by atoms with Crippen LogP contribution >= 0.6 is 0 Å². The zero-order valence-electron chi connectivity index (χ0n) is 7.65. The van der Waals surface area contributed by atoms with Gasteiger partial charge in [-0.15, -0.1) is 0 Å². The van der Waals surface area contributed by atoms with Crippen molar-refractivity contribution >= 4 is 17.3 Å². The molecule has 1 heterocycles. The van der Waals surface area contributed by atoms with Gasteiger partial charge < -0.3 is 10.7 Å². The first-order chi connectivity index (χ1) is 6.69. The molecule has 1 aromatic heterocycles. The fourth-order valence-electron chi connectivity index (χ4n) is 0.977. The predicted octanol–water partition coefficient (Wildman–Crippen LogP) is 0.707. The number of pyridine rings is 1. The van der Waals surface area contributed by atoms with E-state index in [1.165, 1.54) is 12.1 Å². The minimum atomic E-state index is -0.495. The van der Waals surface area contributed by atoms with E-state index in [1.807, 2.05) is 6.92 Å². The van der Waals surface area contributed by atoms with E-state index in [0.717, 1.165) is 0 Å². The summed E-state index contributed by atoms with van der Waals surface area (Å²) in [6.45, 7) is 2.38. The van der Waals surface area contributed by atoms with Gasteiger partial charge >= 0.3 is 5.69 Å². The summed E-state index contributed by atoms with van der Waals surface area (Å²) < 4.78 is 0. The molecule has 4 N–H and O–H groups in total. The first kappa shape index (κ1) is 10.2. The second-order valence-electron chi connectivity index (χ2n) is 2.50. The zero-order chi connectivity index (χ0) is 10.6. The smallest absolute Gasteiger partial charge is 0.311 e. The van der Waals surface area contributed by atoms with E-state index >= 15 is 0 Å². The van der Waals surface area contributed by atoms with Gasteiger partial charge in [0.25, 0.3) is 0 Å². The maximum absolute atomic E-state index is 10.6. The minimum absolute atomic E-state index is 0.0640. The Bertz CT molecular complexity index is 341. The van der Waals surface area contributed by atoms with Crippen LogP contribution in [0.4, 0.5) is 17.3 Å². The molecule has 0 saturated carbocycles. The predicted molar refractivity (Wildman–Crippen MR) is 52.9 cm³/mol. The number of anilines is 2. The molecular weight excluding hydrogens is 186 g/mol. The molecule has 0 aliphatic rings. The zero-order valence-corrected chi connectivity index (χ0v) is 7.65. The van der Waals surface area contributed by atoms with Gasteiger partial charge in [0.15, 0.2) is 0 Å². The molecule has 1 aromatic rings. The van der Waals surface area contributed by atoms with Crippen molar-refractivity contribution in [3.8, 4) is 0 Å². The largest absolute Gasteiger partial charge is 0.365 e. The Labute approximate surface area is 80.4 Å². The van der Waals surface area contributed by atoms with E-state index in [-0.39, 0.29) is 11.5 Å². The van der Waals surface area contributed by atoms with Crippen molar-refractivity contribution < 1.29 is 4.92 Å². The van der Waals surface area contributed by atoms with Gasteiger partial charge in [0.05, 0.1) is 4.92 Å². The van der Waals surface area contributed by atoms with Crippen molar-refractivity contribution in [3.63, 3.8) is 0 Å². The van der Waals surface area contributed by atoms with Crippen LogP contribution in [0.1, 0.15) is 6.92 Å². The molecule has 0 fully saturated rings. The van der Waals surface area contributed by atoms with Gasteiger partial charge in [-0.3, -0.25) is 10.1 Å². The maximum Gasteiger partial charge on any atom is 0.311 e. The number of nitrogens with two attached hydrogens (primary N) is 1. The van der Waals surface area contributed by atoms with Crippen molar-refractivity contribution in [1.82, 2.24) is 4.98 Å². The SMILES string of the molecule is CCNc1nc(NN)ccc1[N+](=O)[O-]. The number of nitro groups is 1. The number of nitrogens with one attached hydrogen (secondary N) is 2. The third-order valence-corrected chi connectivity index (χ3v) is 1.56. The van der Waals surface area contributed by atoms with Crippen LogP contribution in [-0.4, -0.2) is 16.5 Å². The molecule has 14 heavy (non-hydrogen) atoms. The van der Waals surface area contributed by atoms with E-state index < -0.39 is 4.92 Å². The molecule has 76 valence electrons. The molecule has 0 aliphatic carbocycles. The third kappa shape index (κ3) is 2.07. The molecule has 0 amide bonds. The molecule has 0 saturated heterocycles. The summed E-state index contributed by atoms with van der Waals surface area (Å²) in [5.74, 6) is 5.73. The fourth-order valence-corrected chi connectivity index (χ4v) is 0.977. The Balaban J connectivity index is 3.10. The summed E-state index contributed by atoms with van der Waals surface area (Å²) in [5.41, 5.74) is 2.25. The van der Waals surface area contributed by atoms with E-state index in [2.05, 4.69) is 15.7 Å². The van der Waals surface area contributed by atoms with E-state index in [1.54, 1.807) is 0 Å². The average Bonchev–Trinajstić information content (AvgIpc) is 2.17. The normalized spacial score (nSPS) is 9.57. The topological polar surface area (TPSA) is 106 Å². The van der Waals surface area contributed by atoms with Crippen LogP contribution in [0.15, 0.2) is 12.1 Å². The summed E-state index contributed by atoms with van der Waals surface area (Å²) in [6, 6.07) is 2.79. The summed E-state index contributed by atoms with van der Waals surface area (Å²) in [7, 11) is 0. The van der Waals surface area contributed by atoms with Crippen molar-refractivity contribution in [2.24, 2.45) is 5.84 Å². The molecule has 1 rings (SSSR count). The Morgan fingerprint density at radius 1 is 1.64 bits per heavy atom. The van der Waals surface area contributed by atoms with E-state index in [4.69, 9.17) is 5.84 Å². The van der Waals surface area contributed by atoms with Gasteiger partial charge in [0.1, 0.15) is 5.82 Å². The molecule has 0 unspecified atom stereocenters. The number of hydrazine groups is 1. The highest BCUT2D eigenvalue weighted by atomic mass is 16.6. The Kier molecular flexibility index (Phi) is 3.19. The Hall–Kier alpha value is -1.89. The second-order valence-corrected chi connectivity index (χ2v) is 2.50. The molecule has 0 atom stereocenters. The quantitative estimate of drug-likeness (QED) is 0.373. The first-order valence-corrected chi connectivity index (χ1v) is 4.05. The highest BCUT2D eigenvalue weighted by Crippen LogP contribution is 2.23. The van der Waals surface area contributed by atoms with Crippen LogP contribution in [-0.2, 0) is 0 Å². The number of aromatic nitrogens is 1. The van der Waals surface area contributed by atoms with E-state index in [0.29, 0.717) is 12.4 Å². The van der Waals surface area contributed by atoms with Crippen molar-refractivity contribution in [1.29, 1.82) is 0 Å². The minimum Gasteiger partial charge on any atom is -0.365 e. The number of hydrogen-bond donors (Lipinski definition) is 3.